The molecule has 7 heteroatoms. The first-order valence-corrected chi connectivity index (χ1v) is 11.0. The van der Waals surface area contributed by atoms with Crippen LogP contribution >= 0.6 is 0 Å². The molecule has 0 radical (unpaired) electrons. The van der Waals surface area contributed by atoms with Gasteiger partial charge in [0.1, 0.15) is 29.2 Å². The van der Waals surface area contributed by atoms with Crippen molar-refractivity contribution < 1.29 is 14.3 Å². The van der Waals surface area contributed by atoms with E-state index in [-0.39, 0.29) is 12.0 Å². The van der Waals surface area contributed by atoms with Crippen LogP contribution in [0.5, 0.6) is 5.75 Å². The summed E-state index contributed by atoms with van der Waals surface area (Å²) in [6.45, 7) is 5.44. The lowest BCUT2D eigenvalue weighted by Gasteiger charge is -2.26. The van der Waals surface area contributed by atoms with Gasteiger partial charge < -0.3 is 14.9 Å². The van der Waals surface area contributed by atoms with Crippen LogP contribution in [0.25, 0.3) is 0 Å². The van der Waals surface area contributed by atoms with Crippen molar-refractivity contribution in [3.05, 3.63) is 52.8 Å². The summed E-state index contributed by atoms with van der Waals surface area (Å²) in [6.07, 6.45) is 3.89. The van der Waals surface area contributed by atoms with Gasteiger partial charge in [-0.05, 0) is 77.1 Å². The molecule has 1 unspecified atom stereocenters. The maximum absolute atomic E-state index is 12.3. The number of rotatable bonds is 5. The average Bonchev–Trinajstić information content (AvgIpc) is 3.58. The molecule has 2 aliphatic rings. The highest BCUT2D eigenvalue weighted by Crippen LogP contribution is 2.38. The molecule has 4 rings (SSSR count). The third-order valence-corrected chi connectivity index (χ3v) is 5.53. The normalized spacial score (nSPS) is 17.6. The van der Waals surface area contributed by atoms with E-state index >= 15 is 0 Å². The van der Waals surface area contributed by atoms with E-state index in [1.54, 1.807) is 12.1 Å². The highest BCUT2D eigenvalue weighted by atomic mass is 16.6. The van der Waals surface area contributed by atoms with Crippen LogP contribution in [0.15, 0.2) is 30.3 Å². The van der Waals surface area contributed by atoms with Crippen molar-refractivity contribution in [2.45, 2.75) is 64.6 Å². The Bertz CT molecular complexity index is 1090. The van der Waals surface area contributed by atoms with Crippen molar-refractivity contribution in [1.82, 2.24) is 4.98 Å². The van der Waals surface area contributed by atoms with Gasteiger partial charge in [-0.3, -0.25) is 5.32 Å². The van der Waals surface area contributed by atoms with Crippen molar-refractivity contribution in [2.24, 2.45) is 5.92 Å². The van der Waals surface area contributed by atoms with Crippen LogP contribution in [-0.2, 0) is 11.2 Å². The minimum Gasteiger partial charge on any atom is -0.486 e. The van der Waals surface area contributed by atoms with Gasteiger partial charge in [-0.25, -0.2) is 9.78 Å². The maximum Gasteiger partial charge on any atom is 0.412 e. The number of nitriles is 1. The van der Waals surface area contributed by atoms with Gasteiger partial charge in [0.25, 0.3) is 0 Å². The minimum absolute atomic E-state index is 0.161. The van der Waals surface area contributed by atoms with Gasteiger partial charge in [-0.2, -0.15) is 5.26 Å². The molecule has 1 aromatic heterocycles. The largest absolute Gasteiger partial charge is 0.486 e. The molecule has 2 N–H and O–H groups in total. The molecule has 32 heavy (non-hydrogen) atoms. The van der Waals surface area contributed by atoms with Crippen LogP contribution in [0, 0.1) is 22.7 Å². The smallest absolute Gasteiger partial charge is 0.412 e. The molecule has 0 spiro atoms. The molecule has 2 aliphatic carbocycles. The number of carbonyl (C=O) groups excluding carboxylic acids is 1. The third kappa shape index (κ3) is 5.08. The summed E-state index contributed by atoms with van der Waals surface area (Å²) >= 11 is 0. The van der Waals surface area contributed by atoms with E-state index in [0.29, 0.717) is 28.4 Å². The molecule has 1 saturated carbocycles. The Kier molecular flexibility index (Phi) is 5.88. The molecule has 1 amide bonds. The Labute approximate surface area is 188 Å². The van der Waals surface area contributed by atoms with Crippen molar-refractivity contribution in [2.75, 3.05) is 5.32 Å². The molecule has 1 fully saturated rings. The van der Waals surface area contributed by atoms with Gasteiger partial charge in [0.2, 0.25) is 0 Å². The SMILES string of the molecule is CC(C)(C)OC(=O)Nc1ccc(OC2CCCc3nc(C#N)ccc32)cc1C(=N)C1CC1. The van der Waals surface area contributed by atoms with Crippen molar-refractivity contribution in [1.29, 1.82) is 10.7 Å². The summed E-state index contributed by atoms with van der Waals surface area (Å²) in [7, 11) is 0. The van der Waals surface area contributed by atoms with Crippen LogP contribution in [-0.4, -0.2) is 22.4 Å². The lowest BCUT2D eigenvalue weighted by Crippen LogP contribution is -2.27. The Balaban J connectivity index is 1.58. The zero-order chi connectivity index (χ0) is 22.9. The number of carbonyl (C=O) groups is 1. The molecule has 1 aromatic carbocycles. The number of fused-ring (bicyclic) bond motifs is 1. The second kappa shape index (κ2) is 8.62. The molecule has 2 aromatic rings. The molecule has 0 aliphatic heterocycles. The Hall–Kier alpha value is -3.40. The summed E-state index contributed by atoms with van der Waals surface area (Å²) in [5, 5.41) is 20.5. The van der Waals surface area contributed by atoms with Gasteiger partial charge in [-0.1, -0.05) is 6.07 Å². The molecule has 166 valence electrons. The zero-order valence-corrected chi connectivity index (χ0v) is 18.7. The first-order valence-electron chi connectivity index (χ1n) is 11.0. The standard InChI is InChI=1S/C25H28N4O3/c1-25(2,3)32-24(30)29-21-12-10-17(13-19(21)23(27)15-7-8-15)31-22-6-4-5-20-18(22)11-9-16(14-26)28-20/h9-13,15,22,27H,4-8H2,1-3H3,(H,29,30). The van der Waals surface area contributed by atoms with Gasteiger partial charge in [0.05, 0.1) is 5.69 Å². The lowest BCUT2D eigenvalue weighted by atomic mass is 9.93. The number of hydrogen-bond acceptors (Lipinski definition) is 6. The summed E-state index contributed by atoms with van der Waals surface area (Å²) in [5.41, 5.74) is 3.44. The van der Waals surface area contributed by atoms with Crippen LogP contribution in [0.4, 0.5) is 10.5 Å². The van der Waals surface area contributed by atoms with Crippen LogP contribution in [0.3, 0.4) is 0 Å². The van der Waals surface area contributed by atoms with Gasteiger partial charge in [0.15, 0.2) is 0 Å². The number of nitrogens with one attached hydrogen (secondary N) is 2. The predicted molar refractivity (Wildman–Crippen MR) is 121 cm³/mol. The average molecular weight is 433 g/mol. The van der Waals surface area contributed by atoms with Crippen LogP contribution < -0.4 is 10.1 Å². The van der Waals surface area contributed by atoms with E-state index in [9.17, 15) is 4.79 Å². The summed E-state index contributed by atoms with van der Waals surface area (Å²) in [4.78, 5) is 16.8. The fourth-order valence-corrected chi connectivity index (χ4v) is 3.90. The Morgan fingerprint density at radius 1 is 1.22 bits per heavy atom. The number of anilines is 1. The van der Waals surface area contributed by atoms with Gasteiger partial charge >= 0.3 is 6.09 Å². The van der Waals surface area contributed by atoms with Crippen molar-refractivity contribution in [3.8, 4) is 11.8 Å². The van der Waals surface area contributed by atoms with E-state index in [0.717, 1.165) is 43.4 Å². The number of hydrogen-bond donors (Lipinski definition) is 2. The van der Waals surface area contributed by atoms with E-state index < -0.39 is 11.7 Å². The minimum atomic E-state index is -0.606. The van der Waals surface area contributed by atoms with E-state index in [1.807, 2.05) is 39.0 Å². The van der Waals surface area contributed by atoms with E-state index in [2.05, 4.69) is 16.4 Å². The van der Waals surface area contributed by atoms with Crippen LogP contribution in [0.1, 0.15) is 75.1 Å². The Morgan fingerprint density at radius 3 is 2.69 bits per heavy atom. The monoisotopic (exact) mass is 432 g/mol. The fourth-order valence-electron chi connectivity index (χ4n) is 3.90. The summed E-state index contributed by atoms with van der Waals surface area (Å²) < 4.78 is 11.7. The molecule has 1 atom stereocenters. The third-order valence-electron chi connectivity index (χ3n) is 5.53. The highest BCUT2D eigenvalue weighted by molar-refractivity contribution is 6.07. The number of nitrogens with zero attached hydrogens (tertiary/aromatic N) is 2. The molecular formula is C25H28N4O3. The highest BCUT2D eigenvalue weighted by Gasteiger charge is 2.30. The first-order chi connectivity index (χ1) is 15.2. The molecular weight excluding hydrogens is 404 g/mol. The number of ether oxygens (including phenoxy) is 2. The zero-order valence-electron chi connectivity index (χ0n) is 18.7. The van der Waals surface area contributed by atoms with Crippen molar-refractivity contribution >= 4 is 17.5 Å². The van der Waals surface area contributed by atoms with Gasteiger partial charge in [0, 0.05) is 28.5 Å². The molecule has 0 bridgehead atoms. The number of benzene rings is 1. The van der Waals surface area contributed by atoms with Gasteiger partial charge in [-0.15, -0.1) is 0 Å². The number of aryl methyl sites for hydroxylation is 1. The lowest BCUT2D eigenvalue weighted by molar-refractivity contribution is 0.0636. The van der Waals surface area contributed by atoms with E-state index in [1.165, 1.54) is 0 Å². The summed E-state index contributed by atoms with van der Waals surface area (Å²) in [6, 6.07) is 11.2. The molecule has 0 saturated heterocycles. The summed E-state index contributed by atoms with van der Waals surface area (Å²) in [5.74, 6) is 0.857. The van der Waals surface area contributed by atoms with Crippen molar-refractivity contribution in [3.63, 3.8) is 0 Å². The maximum atomic E-state index is 12.3. The second-order valence-electron chi connectivity index (χ2n) is 9.37. The number of pyridine rings is 1. The van der Waals surface area contributed by atoms with Crippen LogP contribution in [0.2, 0.25) is 0 Å². The number of aromatic nitrogens is 1. The topological polar surface area (TPSA) is 108 Å². The predicted octanol–water partition coefficient (Wildman–Crippen LogP) is 5.53. The number of amides is 1. The second-order valence-corrected chi connectivity index (χ2v) is 9.37. The quantitative estimate of drug-likeness (QED) is 0.604. The molecule has 1 heterocycles. The first kappa shape index (κ1) is 21.8. The fraction of sp³-hybridized carbons (Fsp3) is 0.440. The Morgan fingerprint density at radius 2 is 2.00 bits per heavy atom. The molecule has 7 nitrogen and oxygen atoms in total. The van der Waals surface area contributed by atoms with E-state index in [4.69, 9.17) is 20.1 Å².